The van der Waals surface area contributed by atoms with E-state index in [0.717, 1.165) is 25.4 Å². The van der Waals surface area contributed by atoms with Crippen LogP contribution in [0.15, 0.2) is 23.8 Å². The van der Waals surface area contributed by atoms with Gasteiger partial charge in [-0.3, -0.25) is 4.79 Å². The maximum Gasteiger partial charge on any atom is 0.253 e. The highest BCUT2D eigenvalue weighted by Crippen LogP contribution is 2.25. The number of nitrogens with zero attached hydrogens (tertiary/aromatic N) is 4. The maximum atomic E-state index is 13.0. The van der Waals surface area contributed by atoms with Crippen LogP contribution in [0.5, 0.6) is 0 Å². The molecule has 1 fully saturated rings. The molecule has 2 aromatic heterocycles. The second-order valence-corrected chi connectivity index (χ2v) is 6.89. The Balaban J connectivity index is 1.44. The minimum Gasteiger partial charge on any atom is -0.365 e. The van der Waals surface area contributed by atoms with E-state index in [1.54, 1.807) is 11.3 Å². The van der Waals surface area contributed by atoms with Crippen molar-refractivity contribution in [1.29, 1.82) is 0 Å². The predicted octanol–water partition coefficient (Wildman–Crippen LogP) is 1.47. The summed E-state index contributed by atoms with van der Waals surface area (Å²) < 4.78 is 18.6. The summed E-state index contributed by atoms with van der Waals surface area (Å²) in [7, 11) is 0. The zero-order chi connectivity index (χ0) is 16.5. The first-order valence-electron chi connectivity index (χ1n) is 7.89. The summed E-state index contributed by atoms with van der Waals surface area (Å²) in [5, 5.41) is 2.07. The van der Waals surface area contributed by atoms with Gasteiger partial charge in [-0.25, -0.2) is 14.4 Å². The number of rotatable bonds is 2. The molecule has 0 aliphatic carbocycles. The zero-order valence-corrected chi connectivity index (χ0v) is 13.8. The molecule has 0 N–H and O–H groups in total. The van der Waals surface area contributed by atoms with Crippen molar-refractivity contribution in [3.05, 3.63) is 40.1 Å². The van der Waals surface area contributed by atoms with E-state index in [-0.39, 0.29) is 5.91 Å². The molecule has 4 heterocycles. The third kappa shape index (κ3) is 2.99. The summed E-state index contributed by atoms with van der Waals surface area (Å²) >= 11 is 1.75. The number of amides is 1. The molecular formula is C16H17FN4O2S. The number of carbonyl (C=O) groups is 1. The minimum absolute atomic E-state index is 0.00124. The van der Waals surface area contributed by atoms with Crippen LogP contribution in [0.25, 0.3) is 0 Å². The van der Waals surface area contributed by atoms with E-state index in [4.69, 9.17) is 4.74 Å². The molecule has 6 nitrogen and oxygen atoms in total. The topological polar surface area (TPSA) is 58.6 Å². The number of aromatic nitrogens is 2. The highest BCUT2D eigenvalue weighted by molar-refractivity contribution is 7.10. The molecule has 2 aromatic rings. The molecule has 0 spiro atoms. The average Bonchev–Trinajstić information content (AvgIpc) is 3.09. The third-order valence-electron chi connectivity index (χ3n) is 4.35. The van der Waals surface area contributed by atoms with Gasteiger partial charge in [-0.15, -0.1) is 11.3 Å². The molecule has 8 heteroatoms. The van der Waals surface area contributed by atoms with Gasteiger partial charge in [-0.1, -0.05) is 0 Å². The predicted molar refractivity (Wildman–Crippen MR) is 87.4 cm³/mol. The first kappa shape index (κ1) is 15.5. The van der Waals surface area contributed by atoms with E-state index in [9.17, 15) is 9.18 Å². The van der Waals surface area contributed by atoms with Crippen LogP contribution in [0.3, 0.4) is 0 Å². The SMILES string of the molecule is O=C(C1CN(c2ncc(F)cn2)CCO1)N1CCc2sccc2C1. The molecule has 2 aliphatic rings. The van der Waals surface area contributed by atoms with Crippen molar-refractivity contribution in [2.75, 3.05) is 31.1 Å². The van der Waals surface area contributed by atoms with E-state index in [0.29, 0.717) is 32.2 Å². The maximum absolute atomic E-state index is 13.0. The van der Waals surface area contributed by atoms with Crippen molar-refractivity contribution in [3.8, 4) is 0 Å². The first-order valence-corrected chi connectivity index (χ1v) is 8.77. The Morgan fingerprint density at radius 2 is 2.17 bits per heavy atom. The second kappa shape index (κ2) is 6.45. The number of hydrogen-bond donors (Lipinski definition) is 0. The number of thiophene rings is 1. The molecule has 0 radical (unpaired) electrons. The quantitative estimate of drug-likeness (QED) is 0.823. The highest BCUT2D eigenvalue weighted by Gasteiger charge is 2.32. The van der Waals surface area contributed by atoms with Crippen LogP contribution in [0, 0.1) is 5.82 Å². The van der Waals surface area contributed by atoms with Gasteiger partial charge in [0.2, 0.25) is 5.95 Å². The van der Waals surface area contributed by atoms with Gasteiger partial charge in [-0.05, 0) is 23.4 Å². The summed E-state index contributed by atoms with van der Waals surface area (Å²) in [4.78, 5) is 25.9. The summed E-state index contributed by atoms with van der Waals surface area (Å²) in [6.07, 6.45) is 2.64. The summed E-state index contributed by atoms with van der Waals surface area (Å²) in [6.45, 7) is 2.76. The number of morpholine rings is 1. The van der Waals surface area contributed by atoms with Gasteiger partial charge in [0.25, 0.3) is 5.91 Å². The minimum atomic E-state index is -0.535. The fraction of sp³-hybridized carbons (Fsp3) is 0.438. The van der Waals surface area contributed by atoms with Gasteiger partial charge in [0.15, 0.2) is 11.9 Å². The number of halogens is 1. The van der Waals surface area contributed by atoms with Crippen molar-refractivity contribution >= 4 is 23.2 Å². The van der Waals surface area contributed by atoms with Crippen molar-refractivity contribution in [3.63, 3.8) is 0 Å². The van der Waals surface area contributed by atoms with Gasteiger partial charge in [-0.2, -0.15) is 0 Å². The van der Waals surface area contributed by atoms with Crippen molar-refractivity contribution in [2.24, 2.45) is 0 Å². The van der Waals surface area contributed by atoms with Crippen LogP contribution in [-0.4, -0.2) is 53.1 Å². The van der Waals surface area contributed by atoms with Crippen LogP contribution in [0.4, 0.5) is 10.3 Å². The number of carbonyl (C=O) groups excluding carboxylic acids is 1. The van der Waals surface area contributed by atoms with E-state index in [1.807, 2.05) is 9.80 Å². The monoisotopic (exact) mass is 348 g/mol. The summed E-state index contributed by atoms with van der Waals surface area (Å²) in [6, 6.07) is 2.08. The van der Waals surface area contributed by atoms with Gasteiger partial charge in [0.05, 0.1) is 25.5 Å². The van der Waals surface area contributed by atoms with Crippen LogP contribution >= 0.6 is 11.3 Å². The fourth-order valence-electron chi connectivity index (χ4n) is 3.09. The van der Waals surface area contributed by atoms with Gasteiger partial charge in [0, 0.05) is 24.5 Å². The van der Waals surface area contributed by atoms with Crippen molar-refractivity contribution in [2.45, 2.75) is 19.1 Å². The lowest BCUT2D eigenvalue weighted by molar-refractivity contribution is -0.145. The third-order valence-corrected chi connectivity index (χ3v) is 5.37. The first-order chi connectivity index (χ1) is 11.7. The lowest BCUT2D eigenvalue weighted by Gasteiger charge is -2.36. The standard InChI is InChI=1S/C16H17FN4O2S/c17-12-7-18-16(19-8-12)21-4-5-23-13(10-21)15(22)20-3-1-14-11(9-20)2-6-24-14/h2,6-8,13H,1,3-5,9-10H2. The molecule has 2 aliphatic heterocycles. The van der Waals surface area contributed by atoms with E-state index in [2.05, 4.69) is 21.4 Å². The van der Waals surface area contributed by atoms with Gasteiger partial charge in [0.1, 0.15) is 0 Å². The van der Waals surface area contributed by atoms with E-state index >= 15 is 0 Å². The van der Waals surface area contributed by atoms with E-state index < -0.39 is 11.9 Å². The Bertz CT molecular complexity index is 736. The molecule has 0 bridgehead atoms. The van der Waals surface area contributed by atoms with Crippen LogP contribution in [0.1, 0.15) is 10.4 Å². The Kier molecular flexibility index (Phi) is 4.15. The Hall–Kier alpha value is -2.06. The molecule has 1 unspecified atom stereocenters. The average molecular weight is 348 g/mol. The molecule has 126 valence electrons. The second-order valence-electron chi connectivity index (χ2n) is 5.89. The molecular weight excluding hydrogens is 331 g/mol. The molecule has 1 saturated heterocycles. The van der Waals surface area contributed by atoms with Crippen LogP contribution in [-0.2, 0) is 22.5 Å². The summed E-state index contributed by atoms with van der Waals surface area (Å²) in [5.74, 6) is -0.0468. The summed E-state index contributed by atoms with van der Waals surface area (Å²) in [5.41, 5.74) is 1.23. The fourth-order valence-corrected chi connectivity index (χ4v) is 3.98. The Morgan fingerprint density at radius 1 is 1.33 bits per heavy atom. The van der Waals surface area contributed by atoms with E-state index in [1.165, 1.54) is 10.4 Å². The van der Waals surface area contributed by atoms with Gasteiger partial charge < -0.3 is 14.5 Å². The largest absolute Gasteiger partial charge is 0.365 e. The Morgan fingerprint density at radius 3 is 3.00 bits per heavy atom. The molecule has 0 saturated carbocycles. The van der Waals surface area contributed by atoms with Crippen molar-refractivity contribution < 1.29 is 13.9 Å². The highest BCUT2D eigenvalue weighted by atomic mass is 32.1. The number of fused-ring (bicyclic) bond motifs is 1. The molecule has 0 aromatic carbocycles. The molecule has 1 atom stereocenters. The molecule has 1 amide bonds. The Labute approximate surface area is 142 Å². The number of ether oxygens (including phenoxy) is 1. The normalized spacial score (nSPS) is 20.8. The number of hydrogen-bond acceptors (Lipinski definition) is 6. The zero-order valence-electron chi connectivity index (χ0n) is 13.0. The molecule has 24 heavy (non-hydrogen) atoms. The van der Waals surface area contributed by atoms with Crippen molar-refractivity contribution in [1.82, 2.24) is 14.9 Å². The van der Waals surface area contributed by atoms with Crippen LogP contribution in [0.2, 0.25) is 0 Å². The lowest BCUT2D eigenvalue weighted by atomic mass is 10.1. The lowest BCUT2D eigenvalue weighted by Crippen LogP contribution is -2.52. The number of anilines is 1. The van der Waals surface area contributed by atoms with Gasteiger partial charge >= 0.3 is 0 Å². The molecule has 4 rings (SSSR count). The van der Waals surface area contributed by atoms with Crippen LogP contribution < -0.4 is 4.90 Å². The smallest absolute Gasteiger partial charge is 0.253 e.